The molecule has 0 unspecified atom stereocenters. The Morgan fingerprint density at radius 3 is 2.29 bits per heavy atom. The summed E-state index contributed by atoms with van der Waals surface area (Å²) >= 11 is 11.8. The van der Waals surface area contributed by atoms with Crippen molar-refractivity contribution >= 4 is 47.0 Å². The highest BCUT2D eigenvalue weighted by Crippen LogP contribution is 2.23. The van der Waals surface area contributed by atoms with E-state index in [1.54, 1.807) is 24.3 Å². The van der Waals surface area contributed by atoms with Crippen LogP contribution in [-0.4, -0.2) is 23.0 Å². The number of halogens is 2. The molecule has 0 saturated carbocycles. The Labute approximate surface area is 186 Å². The van der Waals surface area contributed by atoms with Crippen LogP contribution < -0.4 is 10.2 Å². The standard InChI is InChI=1S/C21H13Cl2N3O5/c22-15-5-10-18(19(23)11-15)21(28)31-17-8-1-13(2-9-17)12-24-25-20(27)14-3-6-16(7-4-14)26(29)30/h1-12H,(H,25,27)/b24-12-. The molecule has 0 fully saturated rings. The lowest BCUT2D eigenvalue weighted by molar-refractivity contribution is -0.384. The van der Waals surface area contributed by atoms with Gasteiger partial charge < -0.3 is 4.74 Å². The molecule has 31 heavy (non-hydrogen) atoms. The Hall–Kier alpha value is -3.75. The van der Waals surface area contributed by atoms with E-state index in [9.17, 15) is 19.7 Å². The lowest BCUT2D eigenvalue weighted by Crippen LogP contribution is -2.17. The molecular weight excluding hydrogens is 445 g/mol. The van der Waals surface area contributed by atoms with Crippen molar-refractivity contribution in [3.63, 3.8) is 0 Å². The molecule has 156 valence electrons. The van der Waals surface area contributed by atoms with Gasteiger partial charge in [-0.15, -0.1) is 0 Å². The largest absolute Gasteiger partial charge is 0.423 e. The predicted molar refractivity (Wildman–Crippen MR) is 116 cm³/mol. The summed E-state index contributed by atoms with van der Waals surface area (Å²) in [5.74, 6) is -0.849. The number of hydrazone groups is 1. The van der Waals surface area contributed by atoms with Crippen LogP contribution in [0.5, 0.6) is 5.75 Å². The van der Waals surface area contributed by atoms with Crippen LogP contribution in [-0.2, 0) is 0 Å². The highest BCUT2D eigenvalue weighted by molar-refractivity contribution is 6.36. The van der Waals surface area contributed by atoms with Crippen molar-refractivity contribution in [3.05, 3.63) is 104 Å². The van der Waals surface area contributed by atoms with Crippen LogP contribution in [0.2, 0.25) is 10.0 Å². The van der Waals surface area contributed by atoms with Crippen LogP contribution in [0.1, 0.15) is 26.3 Å². The van der Waals surface area contributed by atoms with Crippen LogP contribution in [0.4, 0.5) is 5.69 Å². The molecule has 10 heteroatoms. The smallest absolute Gasteiger partial charge is 0.345 e. The molecule has 0 radical (unpaired) electrons. The number of nitrogens with zero attached hydrogens (tertiary/aromatic N) is 2. The van der Waals surface area contributed by atoms with Crippen molar-refractivity contribution in [2.75, 3.05) is 0 Å². The minimum Gasteiger partial charge on any atom is -0.423 e. The van der Waals surface area contributed by atoms with Gasteiger partial charge in [-0.1, -0.05) is 23.2 Å². The molecule has 3 rings (SSSR count). The van der Waals surface area contributed by atoms with Crippen molar-refractivity contribution in [2.24, 2.45) is 5.10 Å². The zero-order chi connectivity index (χ0) is 22.4. The van der Waals surface area contributed by atoms with Crippen LogP contribution >= 0.6 is 23.2 Å². The maximum absolute atomic E-state index is 12.2. The summed E-state index contributed by atoms with van der Waals surface area (Å²) in [5, 5.41) is 15.1. The fraction of sp³-hybridized carbons (Fsp3) is 0. The molecule has 0 spiro atoms. The quantitative estimate of drug-likeness (QED) is 0.186. The zero-order valence-corrected chi connectivity index (χ0v) is 17.1. The summed E-state index contributed by atoms with van der Waals surface area (Å²) in [4.78, 5) is 34.3. The van der Waals surface area contributed by atoms with Gasteiger partial charge in [-0.3, -0.25) is 14.9 Å². The maximum atomic E-state index is 12.2. The molecule has 8 nitrogen and oxygen atoms in total. The van der Waals surface area contributed by atoms with Gasteiger partial charge in [0.1, 0.15) is 5.75 Å². The Morgan fingerprint density at radius 1 is 1.00 bits per heavy atom. The van der Waals surface area contributed by atoms with Crippen LogP contribution in [0.15, 0.2) is 71.8 Å². The van der Waals surface area contributed by atoms with E-state index in [-0.39, 0.29) is 21.8 Å². The molecule has 0 bridgehead atoms. The number of hydrogen-bond donors (Lipinski definition) is 1. The van der Waals surface area contributed by atoms with Gasteiger partial charge in [0, 0.05) is 22.7 Å². The number of carbonyl (C=O) groups is 2. The number of esters is 1. The molecule has 1 N–H and O–H groups in total. The van der Waals surface area contributed by atoms with E-state index in [1.165, 1.54) is 48.7 Å². The Morgan fingerprint density at radius 2 is 1.68 bits per heavy atom. The van der Waals surface area contributed by atoms with Gasteiger partial charge in [0.25, 0.3) is 11.6 Å². The second kappa shape index (κ2) is 9.84. The number of nitro benzene ring substituents is 1. The minimum absolute atomic E-state index is 0.112. The van der Waals surface area contributed by atoms with Gasteiger partial charge in [0.05, 0.1) is 21.7 Å². The molecule has 0 aliphatic rings. The molecule has 0 heterocycles. The first-order valence-electron chi connectivity index (χ1n) is 8.68. The summed E-state index contributed by atoms with van der Waals surface area (Å²) in [7, 11) is 0. The molecule has 0 aromatic heterocycles. The fourth-order valence-electron chi connectivity index (χ4n) is 2.40. The number of nitrogens with one attached hydrogen (secondary N) is 1. The van der Waals surface area contributed by atoms with E-state index >= 15 is 0 Å². The van der Waals surface area contributed by atoms with Crippen molar-refractivity contribution in [1.29, 1.82) is 0 Å². The van der Waals surface area contributed by atoms with Crippen molar-refractivity contribution in [2.45, 2.75) is 0 Å². The molecule has 0 saturated heterocycles. The fourth-order valence-corrected chi connectivity index (χ4v) is 2.89. The SMILES string of the molecule is O=C(N/N=C\c1ccc(OC(=O)c2ccc(Cl)cc2Cl)cc1)c1ccc([N+](=O)[O-])cc1. The molecule has 3 aromatic carbocycles. The van der Waals surface area contributed by atoms with Gasteiger partial charge in [-0.25, -0.2) is 10.2 Å². The molecule has 0 aliphatic carbocycles. The van der Waals surface area contributed by atoms with Crippen LogP contribution in [0.3, 0.4) is 0 Å². The van der Waals surface area contributed by atoms with E-state index in [0.29, 0.717) is 16.3 Å². The summed E-state index contributed by atoms with van der Waals surface area (Å²) in [6, 6.07) is 16.0. The van der Waals surface area contributed by atoms with Gasteiger partial charge >= 0.3 is 5.97 Å². The van der Waals surface area contributed by atoms with E-state index in [2.05, 4.69) is 10.5 Å². The van der Waals surface area contributed by atoms with Crippen LogP contribution in [0.25, 0.3) is 0 Å². The summed E-state index contributed by atoms with van der Waals surface area (Å²) < 4.78 is 5.27. The van der Waals surface area contributed by atoms with Gasteiger partial charge in [0.2, 0.25) is 0 Å². The summed E-state index contributed by atoms with van der Waals surface area (Å²) in [6.07, 6.45) is 1.39. The van der Waals surface area contributed by atoms with Crippen molar-refractivity contribution < 1.29 is 19.2 Å². The van der Waals surface area contributed by atoms with Crippen molar-refractivity contribution in [3.8, 4) is 5.75 Å². The number of non-ortho nitro benzene ring substituents is 1. The topological polar surface area (TPSA) is 111 Å². The molecule has 0 atom stereocenters. The predicted octanol–water partition coefficient (Wildman–Crippen LogP) is 4.88. The first-order valence-corrected chi connectivity index (χ1v) is 9.44. The first-order chi connectivity index (χ1) is 14.8. The lowest BCUT2D eigenvalue weighted by Gasteiger charge is -2.06. The van der Waals surface area contributed by atoms with E-state index in [4.69, 9.17) is 27.9 Å². The number of amides is 1. The molecule has 0 aliphatic heterocycles. The second-order valence-electron chi connectivity index (χ2n) is 6.09. The van der Waals surface area contributed by atoms with E-state index in [0.717, 1.165) is 0 Å². The summed E-state index contributed by atoms with van der Waals surface area (Å²) in [6.45, 7) is 0. The van der Waals surface area contributed by atoms with E-state index < -0.39 is 16.8 Å². The Bertz CT molecular complexity index is 1160. The Kier molecular flexibility index (Phi) is 6.96. The number of nitro groups is 1. The lowest BCUT2D eigenvalue weighted by atomic mass is 10.2. The van der Waals surface area contributed by atoms with Gasteiger partial charge in [-0.05, 0) is 60.2 Å². The third-order valence-electron chi connectivity index (χ3n) is 3.96. The van der Waals surface area contributed by atoms with Crippen LogP contribution in [0, 0.1) is 10.1 Å². The molecule has 3 aromatic rings. The normalized spacial score (nSPS) is 10.6. The number of ether oxygens (including phenoxy) is 1. The Balaban J connectivity index is 1.57. The second-order valence-corrected chi connectivity index (χ2v) is 6.93. The van der Waals surface area contributed by atoms with Gasteiger partial charge in [0.15, 0.2) is 0 Å². The average molecular weight is 458 g/mol. The maximum Gasteiger partial charge on any atom is 0.345 e. The third kappa shape index (κ3) is 5.88. The summed E-state index contributed by atoms with van der Waals surface area (Å²) in [5.41, 5.74) is 3.26. The average Bonchev–Trinajstić information content (AvgIpc) is 2.74. The molecule has 1 amide bonds. The monoisotopic (exact) mass is 457 g/mol. The number of benzene rings is 3. The number of rotatable bonds is 6. The van der Waals surface area contributed by atoms with E-state index in [1.807, 2.05) is 0 Å². The minimum atomic E-state index is -0.626. The molecular formula is C21H13Cl2N3O5. The third-order valence-corrected chi connectivity index (χ3v) is 4.51. The van der Waals surface area contributed by atoms with Gasteiger partial charge in [-0.2, -0.15) is 5.10 Å². The number of carbonyl (C=O) groups excluding carboxylic acids is 2. The highest BCUT2D eigenvalue weighted by atomic mass is 35.5. The zero-order valence-electron chi connectivity index (χ0n) is 15.6. The first kappa shape index (κ1) is 21.9. The van der Waals surface area contributed by atoms with Crippen molar-refractivity contribution in [1.82, 2.24) is 5.43 Å². The number of hydrogen-bond acceptors (Lipinski definition) is 6. The highest BCUT2D eigenvalue weighted by Gasteiger charge is 2.13.